The average molecular weight is 211 g/mol. The van der Waals surface area contributed by atoms with Crippen LogP contribution in [0.3, 0.4) is 0 Å². The minimum Gasteiger partial charge on any atom is -0.0715 e. The van der Waals surface area contributed by atoms with Gasteiger partial charge in [-0.3, -0.25) is 0 Å². The largest absolute Gasteiger partial charge is 0.0715 e. The van der Waals surface area contributed by atoms with Crippen LogP contribution >= 0.6 is 0 Å². The molecule has 0 N–H and O–H groups in total. The third kappa shape index (κ3) is 58.0. The number of hydrogen-bond acceptors (Lipinski definition) is 0. The Morgan fingerprint density at radius 3 is 1.20 bits per heavy atom. The number of rotatable bonds is 2. The first kappa shape index (κ1) is 17.4. The monoisotopic (exact) mass is 212 g/mol. The van der Waals surface area contributed by atoms with E-state index >= 15 is 0 Å². The van der Waals surface area contributed by atoms with Crippen LogP contribution in [0.15, 0.2) is 0 Å². The molecule has 0 bridgehead atoms. The molecule has 0 aliphatic heterocycles. The van der Waals surface area contributed by atoms with Gasteiger partial charge in [-0.25, -0.2) is 0 Å². The van der Waals surface area contributed by atoms with Crippen molar-refractivity contribution in [2.75, 3.05) is 0 Å². The molecule has 0 rings (SSSR count). The first-order valence-electron chi connectivity index (χ1n) is 3.62. The van der Waals surface area contributed by atoms with Crippen LogP contribution < -0.4 is 0 Å². The molecule has 0 saturated carbocycles. The maximum atomic E-state index is 2.27. The summed E-state index contributed by atoms with van der Waals surface area (Å²) in [5, 5.41) is 2.94. The Morgan fingerprint density at radius 2 is 1.20 bits per heavy atom. The van der Waals surface area contributed by atoms with Crippen molar-refractivity contribution in [3.05, 3.63) is 0 Å². The van der Waals surface area contributed by atoms with Crippen LogP contribution in [0.4, 0.5) is 0 Å². The Hall–Kier alpha value is 1.36. The van der Waals surface area contributed by atoms with Crippen LogP contribution in [0.2, 0.25) is 30.1 Å². The zero-order chi connectivity index (χ0) is 7.70. The second kappa shape index (κ2) is 16.8. The Labute approximate surface area is 86.8 Å². The van der Waals surface area contributed by atoms with Gasteiger partial charge in [0.05, 0.1) is 0 Å². The Kier molecular flexibility index (Phi) is 29.2. The minimum atomic E-state index is 0. The van der Waals surface area contributed by atoms with Gasteiger partial charge in [-0.1, -0.05) is 19.6 Å². The maximum absolute atomic E-state index is 2.27. The van der Waals surface area contributed by atoms with Crippen molar-refractivity contribution in [2.24, 2.45) is 0 Å². The summed E-state index contributed by atoms with van der Waals surface area (Å²) in [6.45, 7) is 11.3. The van der Waals surface area contributed by atoms with E-state index in [1.807, 2.05) is 0 Å². The molecule has 0 nitrogen and oxygen atoms in total. The standard InChI is InChI=1S/C4H10Ge.C3H9Si.Li/c1-3-5-4-2;1-4(2)3;/h3-4H2,1-2H3;1-3H3;. The summed E-state index contributed by atoms with van der Waals surface area (Å²) in [5.41, 5.74) is 0. The molecule has 0 aromatic carbocycles. The zero-order valence-electron chi connectivity index (χ0n) is 8.41. The molecule has 4 radical (unpaired) electrons. The smallest absolute Gasteiger partial charge is 0.0379 e. The van der Waals surface area contributed by atoms with Crippen LogP contribution in [0.1, 0.15) is 13.8 Å². The van der Waals surface area contributed by atoms with Gasteiger partial charge in [-0.2, -0.15) is 0 Å². The molecule has 0 spiro atoms. The molecule has 0 aliphatic carbocycles. The summed E-state index contributed by atoms with van der Waals surface area (Å²) in [5.74, 6) is 0. The van der Waals surface area contributed by atoms with Crippen LogP contribution in [0.25, 0.3) is 0 Å². The molecule has 56 valence electrons. The van der Waals surface area contributed by atoms with Crippen molar-refractivity contribution >= 4 is 43.1 Å². The van der Waals surface area contributed by atoms with Crippen molar-refractivity contribution in [1.29, 1.82) is 0 Å². The van der Waals surface area contributed by atoms with Gasteiger partial charge in [-0.05, 0) is 0 Å². The molecular weight excluding hydrogens is 192 g/mol. The quantitative estimate of drug-likeness (QED) is 0.615. The van der Waals surface area contributed by atoms with Crippen molar-refractivity contribution < 1.29 is 0 Å². The van der Waals surface area contributed by atoms with Crippen molar-refractivity contribution in [3.63, 3.8) is 0 Å². The van der Waals surface area contributed by atoms with Gasteiger partial charge < -0.3 is 0 Å². The van der Waals surface area contributed by atoms with Crippen LogP contribution in [-0.4, -0.2) is 43.1 Å². The molecule has 0 amide bonds. The molecule has 0 saturated heterocycles. The molecule has 0 atom stereocenters. The van der Waals surface area contributed by atoms with Crippen LogP contribution in [0.5, 0.6) is 0 Å². The minimum absolute atomic E-state index is 0. The first-order valence-corrected chi connectivity index (χ1v) is 9.59. The molecule has 0 aromatic heterocycles. The van der Waals surface area contributed by atoms with Gasteiger partial charge in [-0.15, -0.1) is 0 Å². The molecule has 0 aromatic rings. The average Bonchev–Trinajstić information content (AvgIpc) is 1.66. The Balaban J connectivity index is -0.0000000910. The summed E-state index contributed by atoms with van der Waals surface area (Å²) in [6.07, 6.45) is 0. The molecule has 0 heterocycles. The predicted molar refractivity (Wildman–Crippen MR) is 55.8 cm³/mol. The topological polar surface area (TPSA) is 0 Å². The maximum Gasteiger partial charge on any atom is 0.0379 e. The van der Waals surface area contributed by atoms with E-state index < -0.39 is 0 Å². The first-order chi connectivity index (χ1) is 4.15. The fraction of sp³-hybridized carbons (Fsp3) is 1.00. The number of hydrogen-bond donors (Lipinski definition) is 0. The Bertz CT molecular complexity index is 37.8. The third-order valence-electron chi connectivity index (χ3n) is 0.500. The van der Waals surface area contributed by atoms with Crippen molar-refractivity contribution in [3.8, 4) is 0 Å². The molecule has 10 heavy (non-hydrogen) atoms. The fourth-order valence-electron chi connectivity index (χ4n) is 0.250. The fourth-order valence-corrected chi connectivity index (χ4v) is 1.30. The summed E-state index contributed by atoms with van der Waals surface area (Å²) in [6, 6.07) is 0. The van der Waals surface area contributed by atoms with E-state index in [0.717, 1.165) is 0 Å². The SMILES string of the molecule is C[CH2][Ge][CH2]C.C[Si](C)C.[Li]. The van der Waals surface area contributed by atoms with Gasteiger partial charge in [0.15, 0.2) is 0 Å². The summed E-state index contributed by atoms with van der Waals surface area (Å²) in [4.78, 5) is 0. The van der Waals surface area contributed by atoms with E-state index in [0.29, 0.717) is 15.4 Å². The van der Waals surface area contributed by atoms with E-state index in [2.05, 4.69) is 33.5 Å². The van der Waals surface area contributed by atoms with Gasteiger partial charge in [0.2, 0.25) is 0 Å². The van der Waals surface area contributed by atoms with Crippen molar-refractivity contribution in [2.45, 2.75) is 44.0 Å². The molecule has 3 heteroatoms. The van der Waals surface area contributed by atoms with Crippen LogP contribution in [0, 0.1) is 0 Å². The summed E-state index contributed by atoms with van der Waals surface area (Å²) in [7, 11) is 0.120. The van der Waals surface area contributed by atoms with Crippen molar-refractivity contribution in [1.82, 2.24) is 0 Å². The summed E-state index contributed by atoms with van der Waals surface area (Å²) >= 11 is 0.528. The second-order valence-corrected chi connectivity index (χ2v) is 9.47. The molecular formula is C7H19GeLiSi. The predicted octanol–water partition coefficient (Wildman–Crippen LogP) is 2.56. The zero-order valence-corrected chi connectivity index (χ0v) is 11.5. The van der Waals surface area contributed by atoms with E-state index in [4.69, 9.17) is 0 Å². The summed E-state index contributed by atoms with van der Waals surface area (Å²) < 4.78 is 0. The van der Waals surface area contributed by atoms with E-state index in [1.165, 1.54) is 10.5 Å². The van der Waals surface area contributed by atoms with E-state index in [1.54, 1.807) is 0 Å². The van der Waals surface area contributed by atoms with Gasteiger partial charge >= 0.3 is 39.8 Å². The molecule has 0 fully saturated rings. The van der Waals surface area contributed by atoms with E-state index in [9.17, 15) is 0 Å². The second-order valence-electron chi connectivity index (χ2n) is 2.46. The van der Waals surface area contributed by atoms with E-state index in [-0.39, 0.29) is 27.7 Å². The third-order valence-corrected chi connectivity index (χ3v) is 2.60. The van der Waals surface area contributed by atoms with Gasteiger partial charge in [0, 0.05) is 27.7 Å². The van der Waals surface area contributed by atoms with Gasteiger partial charge in [0.25, 0.3) is 0 Å². The molecule has 0 unspecified atom stereocenters. The normalized spacial score (nSPS) is 7.80. The van der Waals surface area contributed by atoms with Crippen LogP contribution in [-0.2, 0) is 0 Å². The van der Waals surface area contributed by atoms with Gasteiger partial charge in [0.1, 0.15) is 0 Å². The Morgan fingerprint density at radius 1 is 1.00 bits per heavy atom. The molecule has 0 aliphatic rings.